The maximum atomic E-state index is 5.89. The molecule has 0 amide bonds. The fourth-order valence-electron chi connectivity index (χ4n) is 1.94. The monoisotopic (exact) mass is 319 g/mol. The number of nitrogens with two attached hydrogens (primary N) is 1. The van der Waals surface area contributed by atoms with E-state index in [0.717, 1.165) is 28.0 Å². The minimum atomic E-state index is 0.0476. The number of nitrogens with zero attached hydrogens (tertiary/aromatic N) is 2. The van der Waals surface area contributed by atoms with E-state index in [0.29, 0.717) is 0 Å². The summed E-state index contributed by atoms with van der Waals surface area (Å²) in [5, 5.41) is 0. The fourth-order valence-corrected chi connectivity index (χ4v) is 2.63. The normalized spacial score (nSPS) is 12.2. The smallest absolute Gasteiger partial charge is 0.0599 e. The summed E-state index contributed by atoms with van der Waals surface area (Å²) in [5.41, 5.74) is 9.20. The van der Waals surface area contributed by atoms with Crippen molar-refractivity contribution in [3.8, 4) is 0 Å². The molecule has 100 valence electrons. The Morgan fingerprint density at radius 2 is 2.11 bits per heavy atom. The average molecular weight is 320 g/mol. The van der Waals surface area contributed by atoms with Gasteiger partial charge in [0.15, 0.2) is 0 Å². The van der Waals surface area contributed by atoms with E-state index in [1.165, 1.54) is 0 Å². The fraction of sp³-hybridized carbons (Fsp3) is 0.267. The van der Waals surface area contributed by atoms with Gasteiger partial charge in [-0.3, -0.25) is 4.98 Å². The average Bonchev–Trinajstić information content (AvgIpc) is 2.39. The molecule has 2 aromatic rings. The molecule has 3 nitrogen and oxygen atoms in total. The molecule has 4 heteroatoms. The Labute approximate surface area is 122 Å². The van der Waals surface area contributed by atoms with Gasteiger partial charge >= 0.3 is 0 Å². The third-order valence-corrected chi connectivity index (χ3v) is 3.67. The minimum absolute atomic E-state index is 0.0476. The van der Waals surface area contributed by atoms with E-state index >= 15 is 0 Å². The third kappa shape index (κ3) is 3.55. The standard InChI is InChI=1S/C15H18BrN3/c1-11(17)12-6-7-15(14(16)9-12)19(2)10-13-5-3-4-8-18-13/h3-9,11H,10,17H2,1-2H3. The van der Waals surface area contributed by atoms with Crippen molar-refractivity contribution < 1.29 is 0 Å². The zero-order chi connectivity index (χ0) is 13.8. The number of halogens is 1. The van der Waals surface area contributed by atoms with Crippen LogP contribution in [0.5, 0.6) is 0 Å². The summed E-state index contributed by atoms with van der Waals surface area (Å²) in [7, 11) is 2.06. The number of aromatic nitrogens is 1. The lowest BCUT2D eigenvalue weighted by molar-refractivity contribution is 0.815. The molecule has 0 aliphatic carbocycles. The zero-order valence-electron chi connectivity index (χ0n) is 11.2. The first-order chi connectivity index (χ1) is 9.08. The molecule has 1 heterocycles. The summed E-state index contributed by atoms with van der Waals surface area (Å²) in [6.45, 7) is 2.76. The second kappa shape index (κ2) is 6.17. The van der Waals surface area contributed by atoms with E-state index in [9.17, 15) is 0 Å². The molecule has 0 spiro atoms. The van der Waals surface area contributed by atoms with Gasteiger partial charge in [-0.25, -0.2) is 0 Å². The number of anilines is 1. The van der Waals surface area contributed by atoms with Crippen molar-refractivity contribution in [1.82, 2.24) is 4.98 Å². The van der Waals surface area contributed by atoms with Gasteiger partial charge in [0, 0.05) is 23.8 Å². The van der Waals surface area contributed by atoms with Gasteiger partial charge in [-0.2, -0.15) is 0 Å². The highest BCUT2D eigenvalue weighted by molar-refractivity contribution is 9.10. The molecule has 1 aromatic carbocycles. The first-order valence-electron chi connectivity index (χ1n) is 6.24. The summed E-state index contributed by atoms with van der Waals surface area (Å²) >= 11 is 3.61. The van der Waals surface area contributed by atoms with Crippen LogP contribution < -0.4 is 10.6 Å². The third-order valence-electron chi connectivity index (χ3n) is 3.03. The molecule has 0 saturated heterocycles. The highest BCUT2D eigenvalue weighted by Crippen LogP contribution is 2.29. The first-order valence-corrected chi connectivity index (χ1v) is 7.03. The van der Waals surface area contributed by atoms with Crippen molar-refractivity contribution in [2.45, 2.75) is 19.5 Å². The van der Waals surface area contributed by atoms with Crippen molar-refractivity contribution in [3.05, 3.63) is 58.3 Å². The summed E-state index contributed by atoms with van der Waals surface area (Å²) in [6.07, 6.45) is 1.82. The topological polar surface area (TPSA) is 42.1 Å². The molecular formula is C15H18BrN3. The molecule has 19 heavy (non-hydrogen) atoms. The number of pyridine rings is 1. The highest BCUT2D eigenvalue weighted by atomic mass is 79.9. The molecule has 1 atom stereocenters. The lowest BCUT2D eigenvalue weighted by Crippen LogP contribution is -2.18. The molecule has 0 saturated carbocycles. The van der Waals surface area contributed by atoms with Gasteiger partial charge in [0.1, 0.15) is 0 Å². The molecule has 0 radical (unpaired) electrons. The quantitative estimate of drug-likeness (QED) is 0.937. The van der Waals surface area contributed by atoms with E-state index in [2.05, 4.69) is 51.1 Å². The van der Waals surface area contributed by atoms with Crippen LogP contribution in [0.1, 0.15) is 24.2 Å². The summed E-state index contributed by atoms with van der Waals surface area (Å²) in [4.78, 5) is 6.51. The molecule has 0 aliphatic heterocycles. The van der Waals surface area contributed by atoms with Gasteiger partial charge in [0.25, 0.3) is 0 Å². The second-order valence-electron chi connectivity index (χ2n) is 4.68. The van der Waals surface area contributed by atoms with Crippen molar-refractivity contribution in [2.24, 2.45) is 5.73 Å². The highest BCUT2D eigenvalue weighted by Gasteiger charge is 2.09. The van der Waals surface area contributed by atoms with E-state index in [-0.39, 0.29) is 6.04 Å². The Morgan fingerprint density at radius 3 is 2.68 bits per heavy atom. The van der Waals surface area contributed by atoms with Crippen molar-refractivity contribution >= 4 is 21.6 Å². The molecule has 0 bridgehead atoms. The van der Waals surface area contributed by atoms with Gasteiger partial charge < -0.3 is 10.6 Å². The van der Waals surface area contributed by atoms with Crippen LogP contribution in [0.4, 0.5) is 5.69 Å². The van der Waals surface area contributed by atoms with Gasteiger partial charge in [-0.15, -0.1) is 0 Å². The number of benzene rings is 1. The predicted octanol–water partition coefficient (Wildman–Crippen LogP) is 3.50. The Kier molecular flexibility index (Phi) is 4.56. The Balaban J connectivity index is 2.17. The van der Waals surface area contributed by atoms with E-state index in [1.807, 2.05) is 31.3 Å². The Morgan fingerprint density at radius 1 is 1.32 bits per heavy atom. The van der Waals surface area contributed by atoms with Gasteiger partial charge in [-0.1, -0.05) is 12.1 Å². The number of hydrogen-bond donors (Lipinski definition) is 1. The molecule has 0 aliphatic rings. The number of rotatable bonds is 4. The van der Waals surface area contributed by atoms with Crippen LogP contribution in [-0.2, 0) is 6.54 Å². The van der Waals surface area contributed by atoms with Crippen LogP contribution in [0.25, 0.3) is 0 Å². The summed E-state index contributed by atoms with van der Waals surface area (Å²) in [6, 6.07) is 12.2. The maximum absolute atomic E-state index is 5.89. The Hall–Kier alpha value is -1.39. The second-order valence-corrected chi connectivity index (χ2v) is 5.53. The lowest BCUT2D eigenvalue weighted by atomic mass is 10.1. The van der Waals surface area contributed by atoms with Crippen molar-refractivity contribution in [2.75, 3.05) is 11.9 Å². The Bertz CT molecular complexity index is 540. The molecule has 2 N–H and O–H groups in total. The van der Waals surface area contributed by atoms with Crippen molar-refractivity contribution in [1.29, 1.82) is 0 Å². The lowest BCUT2D eigenvalue weighted by Gasteiger charge is -2.21. The van der Waals surface area contributed by atoms with E-state index in [1.54, 1.807) is 0 Å². The summed E-state index contributed by atoms with van der Waals surface area (Å²) in [5.74, 6) is 0. The first kappa shape index (κ1) is 14.0. The molecule has 2 rings (SSSR count). The van der Waals surface area contributed by atoms with Crippen LogP contribution in [-0.4, -0.2) is 12.0 Å². The molecule has 1 unspecified atom stereocenters. The van der Waals surface area contributed by atoms with Crippen molar-refractivity contribution in [3.63, 3.8) is 0 Å². The maximum Gasteiger partial charge on any atom is 0.0599 e. The van der Waals surface area contributed by atoms with Gasteiger partial charge in [0.05, 0.1) is 17.9 Å². The van der Waals surface area contributed by atoms with Crippen LogP contribution in [0.3, 0.4) is 0 Å². The minimum Gasteiger partial charge on any atom is -0.368 e. The van der Waals surface area contributed by atoms with E-state index in [4.69, 9.17) is 5.73 Å². The van der Waals surface area contributed by atoms with Gasteiger partial charge in [0.2, 0.25) is 0 Å². The SMILES string of the molecule is CC(N)c1ccc(N(C)Cc2ccccn2)c(Br)c1. The van der Waals surface area contributed by atoms with Crippen LogP contribution >= 0.6 is 15.9 Å². The predicted molar refractivity (Wildman–Crippen MR) is 83.1 cm³/mol. The van der Waals surface area contributed by atoms with Crippen LogP contribution in [0.15, 0.2) is 47.1 Å². The largest absolute Gasteiger partial charge is 0.368 e. The molecule has 1 aromatic heterocycles. The van der Waals surface area contributed by atoms with Crippen LogP contribution in [0.2, 0.25) is 0 Å². The van der Waals surface area contributed by atoms with Crippen LogP contribution in [0, 0.1) is 0 Å². The molecular weight excluding hydrogens is 302 g/mol. The van der Waals surface area contributed by atoms with E-state index < -0.39 is 0 Å². The molecule has 0 fully saturated rings. The summed E-state index contributed by atoms with van der Waals surface area (Å²) < 4.78 is 1.06. The van der Waals surface area contributed by atoms with Gasteiger partial charge in [-0.05, 0) is 52.7 Å². The number of hydrogen-bond acceptors (Lipinski definition) is 3. The zero-order valence-corrected chi connectivity index (χ0v) is 12.8.